The van der Waals surface area contributed by atoms with Crippen molar-refractivity contribution in [2.45, 2.75) is 122 Å². The van der Waals surface area contributed by atoms with Crippen molar-refractivity contribution in [1.82, 2.24) is 4.57 Å². The molecule has 3 aliphatic carbocycles. The highest BCUT2D eigenvalue weighted by molar-refractivity contribution is 6.79. The van der Waals surface area contributed by atoms with Gasteiger partial charge < -0.3 is 4.57 Å². The molecule has 0 bridgehead atoms. The second kappa shape index (κ2) is 7.94. The first-order chi connectivity index (χ1) is 15.8. The van der Waals surface area contributed by atoms with Gasteiger partial charge in [-0.3, -0.25) is 0 Å². The van der Waals surface area contributed by atoms with Crippen molar-refractivity contribution in [2.75, 3.05) is 0 Å². The molecular weight excluding hydrogens is 426 g/mol. The molecule has 4 aliphatic rings. The summed E-state index contributed by atoms with van der Waals surface area (Å²) in [6, 6.07) is 12.3. The Bertz CT molecular complexity index is 994. The molecule has 5 rings (SSSR count). The van der Waals surface area contributed by atoms with Crippen molar-refractivity contribution < 1.29 is 0 Å². The Morgan fingerprint density at radius 1 is 0.853 bits per heavy atom. The first-order valence-electron chi connectivity index (χ1n) is 14.1. The smallest absolute Gasteiger partial charge is 0.133 e. The summed E-state index contributed by atoms with van der Waals surface area (Å²) in [5.41, 5.74) is 7.68. The zero-order valence-corrected chi connectivity index (χ0v) is 24.5. The average molecular weight is 476 g/mol. The van der Waals surface area contributed by atoms with Crippen LogP contribution in [0.1, 0.15) is 99.1 Å². The van der Waals surface area contributed by atoms with Crippen molar-refractivity contribution in [3.63, 3.8) is 0 Å². The predicted molar refractivity (Wildman–Crippen MR) is 151 cm³/mol. The van der Waals surface area contributed by atoms with Crippen LogP contribution < -0.4 is 0 Å². The van der Waals surface area contributed by atoms with Gasteiger partial charge in [0.1, 0.15) is 8.24 Å². The molecule has 0 radical (unpaired) electrons. The highest BCUT2D eigenvalue weighted by Gasteiger charge is 2.59. The maximum Gasteiger partial charge on any atom is 0.133 e. The lowest BCUT2D eigenvalue weighted by Crippen LogP contribution is -2.70. The van der Waals surface area contributed by atoms with E-state index >= 15 is 0 Å². The lowest BCUT2D eigenvalue weighted by atomic mass is 9.75. The first kappa shape index (κ1) is 24.6. The second-order valence-electron chi connectivity index (χ2n) is 14.6. The summed E-state index contributed by atoms with van der Waals surface area (Å²) in [7, 11) is -1.71. The fourth-order valence-electron chi connectivity index (χ4n) is 9.46. The fraction of sp³-hybridized carbons (Fsp3) is 0.688. The summed E-state index contributed by atoms with van der Waals surface area (Å²) >= 11 is 0. The van der Waals surface area contributed by atoms with Crippen LogP contribution in [0.5, 0.6) is 0 Å². The molecule has 0 spiro atoms. The number of hydrogen-bond acceptors (Lipinski definition) is 1. The summed E-state index contributed by atoms with van der Waals surface area (Å²) in [6.07, 6.45) is 11.4. The zero-order valence-electron chi connectivity index (χ0n) is 23.5. The first-order valence-corrected chi connectivity index (χ1v) is 16.6. The van der Waals surface area contributed by atoms with Gasteiger partial charge in [0.15, 0.2) is 0 Å². The molecule has 2 heteroatoms. The Balaban J connectivity index is 1.65. The van der Waals surface area contributed by atoms with Crippen molar-refractivity contribution in [3.8, 4) is 0 Å². The zero-order chi connectivity index (χ0) is 24.7. The number of benzene rings is 1. The Morgan fingerprint density at radius 3 is 2.09 bits per heavy atom. The predicted octanol–water partition coefficient (Wildman–Crippen LogP) is 8.97. The lowest BCUT2D eigenvalue weighted by molar-refractivity contribution is 0.117. The summed E-state index contributed by atoms with van der Waals surface area (Å²) < 4.78 is 3.14. The summed E-state index contributed by atoms with van der Waals surface area (Å²) in [6.45, 7) is 22.5. The maximum absolute atomic E-state index is 3.14. The second-order valence-corrected chi connectivity index (χ2v) is 19.0. The van der Waals surface area contributed by atoms with Gasteiger partial charge in [0.2, 0.25) is 0 Å². The van der Waals surface area contributed by atoms with Gasteiger partial charge in [-0.2, -0.15) is 0 Å². The summed E-state index contributed by atoms with van der Waals surface area (Å²) in [5.74, 6) is 2.21. The lowest BCUT2D eigenvalue weighted by Gasteiger charge is -2.61. The Labute approximate surface area is 211 Å². The van der Waals surface area contributed by atoms with Crippen LogP contribution in [-0.2, 0) is 5.41 Å². The van der Waals surface area contributed by atoms with Crippen LogP contribution >= 0.6 is 0 Å². The molecule has 4 atom stereocenters. The van der Waals surface area contributed by atoms with Crippen molar-refractivity contribution in [3.05, 3.63) is 53.1 Å². The van der Waals surface area contributed by atoms with Crippen molar-refractivity contribution in [2.24, 2.45) is 17.8 Å². The van der Waals surface area contributed by atoms with Crippen LogP contribution in [-0.4, -0.2) is 23.9 Å². The van der Waals surface area contributed by atoms with E-state index in [2.05, 4.69) is 103 Å². The van der Waals surface area contributed by atoms with E-state index in [1.807, 2.05) is 0 Å². The molecule has 2 fully saturated rings. The van der Waals surface area contributed by atoms with Crippen molar-refractivity contribution in [1.29, 1.82) is 0 Å². The number of rotatable bonds is 2. The van der Waals surface area contributed by atoms with Crippen LogP contribution in [0.4, 0.5) is 0 Å². The Kier molecular flexibility index (Phi) is 5.74. The monoisotopic (exact) mass is 475 g/mol. The highest BCUT2D eigenvalue weighted by Crippen LogP contribution is 2.63. The number of allylic oxidation sites excluding steroid dienone is 4. The average Bonchev–Trinajstić information content (AvgIpc) is 3.18. The molecular formula is C32H49NSi. The van der Waals surface area contributed by atoms with Crippen LogP contribution in [0.15, 0.2) is 42.0 Å². The van der Waals surface area contributed by atoms with E-state index in [-0.39, 0.29) is 16.5 Å². The van der Waals surface area contributed by atoms with Gasteiger partial charge in [-0.25, -0.2) is 0 Å². The molecule has 1 saturated heterocycles. The van der Waals surface area contributed by atoms with E-state index in [1.54, 1.807) is 11.1 Å². The fourth-order valence-corrected chi connectivity index (χ4v) is 17.5. The maximum atomic E-state index is 3.14. The van der Waals surface area contributed by atoms with Crippen LogP contribution in [0.3, 0.4) is 0 Å². The molecule has 1 aliphatic heterocycles. The molecule has 1 aromatic carbocycles. The standard InChI is InChI=1S/C32H49NSi/c1-22-19-29(34(17-13-10-14-18-34)33(30(2,3)4)31(5,6)7)26-20-25-23-15-11-12-16-27(23)32(8,9)28(25)21-24(22)26/h11-12,15-16,20-22,24,26,29H,10,13-14,17-19H2,1-9H3. The quantitative estimate of drug-likeness (QED) is 0.386. The number of hydrogen-bond donors (Lipinski definition) is 0. The minimum absolute atomic E-state index is 0.133. The molecule has 0 N–H and O–H groups in total. The van der Waals surface area contributed by atoms with Gasteiger partial charge in [0, 0.05) is 16.5 Å². The highest BCUT2D eigenvalue weighted by atomic mass is 28.3. The molecule has 1 heterocycles. The molecule has 1 saturated carbocycles. The molecule has 186 valence electrons. The van der Waals surface area contributed by atoms with E-state index < -0.39 is 8.24 Å². The van der Waals surface area contributed by atoms with Gasteiger partial charge in [0.25, 0.3) is 0 Å². The van der Waals surface area contributed by atoms with Gasteiger partial charge >= 0.3 is 0 Å². The SMILES string of the molecule is CC1CC([Si]2(N(C(C)(C)C)C(C)(C)C)CCCCC2)C2C=C3C(=CC12)C(C)(C)c1ccccc13. The molecule has 0 amide bonds. The largest absolute Gasteiger partial charge is 0.314 e. The molecule has 4 unspecified atom stereocenters. The Hall–Kier alpha value is -1.12. The minimum Gasteiger partial charge on any atom is -0.314 e. The van der Waals surface area contributed by atoms with Gasteiger partial charge in [-0.15, -0.1) is 0 Å². The summed E-state index contributed by atoms with van der Waals surface area (Å²) in [4.78, 5) is 0. The van der Waals surface area contributed by atoms with Crippen LogP contribution in [0, 0.1) is 17.8 Å². The number of nitrogens with zero attached hydrogens (tertiary/aromatic N) is 1. The van der Waals surface area contributed by atoms with Crippen molar-refractivity contribution >= 4 is 13.8 Å². The van der Waals surface area contributed by atoms with E-state index in [0.717, 1.165) is 11.5 Å². The van der Waals surface area contributed by atoms with Gasteiger partial charge in [-0.05, 0) is 106 Å². The normalized spacial score (nSPS) is 32.1. The van der Waals surface area contributed by atoms with E-state index in [9.17, 15) is 0 Å². The molecule has 0 aromatic heterocycles. The van der Waals surface area contributed by atoms with E-state index in [1.165, 1.54) is 48.9 Å². The van der Waals surface area contributed by atoms with Crippen LogP contribution in [0.25, 0.3) is 5.57 Å². The minimum atomic E-state index is -1.71. The van der Waals surface area contributed by atoms with E-state index in [0.29, 0.717) is 11.8 Å². The van der Waals surface area contributed by atoms with E-state index in [4.69, 9.17) is 0 Å². The topological polar surface area (TPSA) is 3.24 Å². The third kappa shape index (κ3) is 3.57. The number of fused-ring (bicyclic) bond motifs is 4. The summed E-state index contributed by atoms with van der Waals surface area (Å²) in [5, 5.41) is 0. The van der Waals surface area contributed by atoms with Gasteiger partial charge in [-0.1, -0.05) is 76.5 Å². The molecule has 34 heavy (non-hydrogen) atoms. The van der Waals surface area contributed by atoms with Gasteiger partial charge in [0.05, 0.1) is 0 Å². The molecule has 1 aromatic rings. The molecule has 1 nitrogen and oxygen atoms in total. The van der Waals surface area contributed by atoms with Crippen LogP contribution in [0.2, 0.25) is 17.6 Å². The third-order valence-corrected chi connectivity index (χ3v) is 16.6. The Morgan fingerprint density at radius 2 is 1.47 bits per heavy atom. The third-order valence-electron chi connectivity index (χ3n) is 9.96.